The van der Waals surface area contributed by atoms with Crippen molar-refractivity contribution >= 4 is 27.7 Å². The van der Waals surface area contributed by atoms with E-state index in [0.29, 0.717) is 0 Å². The van der Waals surface area contributed by atoms with Crippen LogP contribution < -0.4 is 5.32 Å². The van der Waals surface area contributed by atoms with E-state index in [0.717, 1.165) is 25.9 Å². The first-order valence-corrected chi connectivity index (χ1v) is 8.28. The number of alkyl halides is 1. The second kappa shape index (κ2) is 6.92. The zero-order chi connectivity index (χ0) is 15.5. The molecule has 5 heteroatoms. The van der Waals surface area contributed by atoms with Crippen molar-refractivity contribution in [1.82, 2.24) is 10.2 Å². The monoisotopic (exact) mass is 346 g/mol. The third-order valence-corrected chi connectivity index (χ3v) is 5.08. The minimum Gasteiger partial charge on any atom is -0.352 e. The summed E-state index contributed by atoms with van der Waals surface area (Å²) in [6.07, 6.45) is 1.68. The van der Waals surface area contributed by atoms with E-state index in [1.807, 2.05) is 39.5 Å². The van der Waals surface area contributed by atoms with Crippen LogP contribution in [-0.4, -0.2) is 40.7 Å². The van der Waals surface area contributed by atoms with Crippen molar-refractivity contribution in [2.24, 2.45) is 11.3 Å². The van der Waals surface area contributed by atoms with Crippen molar-refractivity contribution in [2.75, 3.05) is 13.1 Å². The van der Waals surface area contributed by atoms with Crippen molar-refractivity contribution in [3.05, 3.63) is 0 Å². The lowest BCUT2D eigenvalue weighted by Crippen LogP contribution is -2.50. The third kappa shape index (κ3) is 4.76. The first-order chi connectivity index (χ1) is 9.12. The van der Waals surface area contributed by atoms with Crippen LogP contribution in [0.1, 0.15) is 47.5 Å². The fraction of sp³-hybridized carbons (Fsp3) is 0.867. The molecule has 1 atom stereocenters. The van der Waals surface area contributed by atoms with E-state index < -0.39 is 0 Å². The average Bonchev–Trinajstić information content (AvgIpc) is 2.36. The van der Waals surface area contributed by atoms with Crippen molar-refractivity contribution in [2.45, 2.75) is 58.3 Å². The Kier molecular flexibility index (Phi) is 6.05. The molecule has 20 heavy (non-hydrogen) atoms. The van der Waals surface area contributed by atoms with Gasteiger partial charge in [-0.15, -0.1) is 0 Å². The lowest BCUT2D eigenvalue weighted by Gasteiger charge is -2.36. The zero-order valence-electron chi connectivity index (χ0n) is 13.2. The normalized spacial score (nSPS) is 19.1. The number of carbonyl (C=O) groups excluding carboxylic acids is 2. The zero-order valence-corrected chi connectivity index (χ0v) is 14.8. The lowest BCUT2D eigenvalue weighted by atomic mass is 9.93. The molecule has 1 aliphatic heterocycles. The van der Waals surface area contributed by atoms with Gasteiger partial charge in [0.15, 0.2) is 0 Å². The largest absolute Gasteiger partial charge is 0.352 e. The second-order valence-corrected chi connectivity index (χ2v) is 7.96. The molecule has 1 aliphatic rings. The molecule has 1 unspecified atom stereocenters. The molecule has 2 amide bonds. The van der Waals surface area contributed by atoms with Gasteiger partial charge in [0.2, 0.25) is 11.8 Å². The molecule has 4 nitrogen and oxygen atoms in total. The second-order valence-electron chi connectivity index (χ2n) is 6.97. The van der Waals surface area contributed by atoms with Crippen LogP contribution in [0, 0.1) is 11.3 Å². The highest BCUT2D eigenvalue weighted by Crippen LogP contribution is 2.21. The topological polar surface area (TPSA) is 49.4 Å². The molecular weight excluding hydrogens is 320 g/mol. The Morgan fingerprint density at radius 1 is 1.20 bits per heavy atom. The molecule has 0 aromatic heterocycles. The number of hydrogen-bond donors (Lipinski definition) is 1. The van der Waals surface area contributed by atoms with Gasteiger partial charge in [-0.1, -0.05) is 50.5 Å². The fourth-order valence-electron chi connectivity index (χ4n) is 2.28. The van der Waals surface area contributed by atoms with Crippen LogP contribution in [-0.2, 0) is 9.59 Å². The van der Waals surface area contributed by atoms with E-state index in [-0.39, 0.29) is 34.0 Å². The maximum absolute atomic E-state index is 12.2. The molecule has 1 N–H and O–H groups in total. The number of carbonyl (C=O) groups is 2. The summed E-state index contributed by atoms with van der Waals surface area (Å²) < 4.78 is 0. The molecule has 1 fully saturated rings. The van der Waals surface area contributed by atoms with Crippen LogP contribution in [0.4, 0.5) is 0 Å². The molecule has 1 heterocycles. The van der Waals surface area contributed by atoms with Crippen LogP contribution in [0.15, 0.2) is 0 Å². The summed E-state index contributed by atoms with van der Waals surface area (Å²) in [6, 6.07) is 0.185. The van der Waals surface area contributed by atoms with Gasteiger partial charge in [-0.25, -0.2) is 0 Å². The smallest absolute Gasteiger partial charge is 0.234 e. The van der Waals surface area contributed by atoms with E-state index in [2.05, 4.69) is 21.2 Å². The number of nitrogens with one attached hydrogen (secondary N) is 1. The standard InChI is InChI=1S/C15H27BrN2O2/c1-10(2)12(16)13(19)17-11-6-8-18(9-7-11)14(20)15(3,4)5/h10-12H,6-9H2,1-5H3,(H,17,19). The summed E-state index contributed by atoms with van der Waals surface area (Å²) in [7, 11) is 0. The Morgan fingerprint density at radius 2 is 1.70 bits per heavy atom. The van der Waals surface area contributed by atoms with Gasteiger partial charge in [0, 0.05) is 24.5 Å². The highest BCUT2D eigenvalue weighted by Gasteiger charge is 2.31. The van der Waals surface area contributed by atoms with Gasteiger partial charge in [-0.3, -0.25) is 9.59 Å². The van der Waals surface area contributed by atoms with E-state index in [1.54, 1.807) is 0 Å². The van der Waals surface area contributed by atoms with Crippen LogP contribution in [0.5, 0.6) is 0 Å². The summed E-state index contributed by atoms with van der Waals surface area (Å²) in [5.41, 5.74) is -0.325. The third-order valence-electron chi connectivity index (χ3n) is 3.61. The molecule has 0 aliphatic carbocycles. The quantitative estimate of drug-likeness (QED) is 0.798. The molecule has 0 aromatic carbocycles. The van der Waals surface area contributed by atoms with Gasteiger partial charge in [0.25, 0.3) is 0 Å². The predicted molar refractivity (Wildman–Crippen MR) is 84.8 cm³/mol. The van der Waals surface area contributed by atoms with E-state index in [4.69, 9.17) is 0 Å². The van der Waals surface area contributed by atoms with Gasteiger partial charge in [-0.2, -0.15) is 0 Å². The molecular formula is C15H27BrN2O2. The lowest BCUT2D eigenvalue weighted by molar-refractivity contribution is -0.140. The van der Waals surface area contributed by atoms with Crippen molar-refractivity contribution < 1.29 is 9.59 Å². The van der Waals surface area contributed by atoms with Crippen molar-refractivity contribution in [3.8, 4) is 0 Å². The Balaban J connectivity index is 2.43. The summed E-state index contributed by atoms with van der Waals surface area (Å²) in [5, 5.41) is 3.07. The Hall–Kier alpha value is -0.580. The SMILES string of the molecule is CC(C)C(Br)C(=O)NC1CCN(C(=O)C(C)(C)C)CC1. The first kappa shape index (κ1) is 17.5. The van der Waals surface area contributed by atoms with Gasteiger partial charge >= 0.3 is 0 Å². The summed E-state index contributed by atoms with van der Waals surface area (Å²) in [5.74, 6) is 0.529. The summed E-state index contributed by atoms with van der Waals surface area (Å²) >= 11 is 3.42. The first-order valence-electron chi connectivity index (χ1n) is 7.36. The molecule has 0 radical (unpaired) electrons. The minimum absolute atomic E-state index is 0.0561. The summed E-state index contributed by atoms with van der Waals surface area (Å²) in [4.78, 5) is 25.9. The molecule has 0 aromatic rings. The Bertz CT molecular complexity index is 355. The molecule has 1 rings (SSSR count). The van der Waals surface area contributed by atoms with Crippen LogP contribution in [0.3, 0.4) is 0 Å². The molecule has 116 valence electrons. The van der Waals surface area contributed by atoms with Gasteiger partial charge in [0.05, 0.1) is 4.83 Å². The molecule has 0 saturated carbocycles. The van der Waals surface area contributed by atoms with Crippen LogP contribution in [0.2, 0.25) is 0 Å². The molecule has 1 saturated heterocycles. The predicted octanol–water partition coefficient (Wildman–Crippen LogP) is 2.56. The Labute approximate surface area is 130 Å². The number of nitrogens with zero attached hydrogens (tertiary/aromatic N) is 1. The number of amides is 2. The molecule has 0 bridgehead atoms. The number of piperidine rings is 1. The Morgan fingerprint density at radius 3 is 2.10 bits per heavy atom. The maximum atomic E-state index is 12.2. The molecule has 0 spiro atoms. The van der Waals surface area contributed by atoms with Crippen LogP contribution in [0.25, 0.3) is 0 Å². The maximum Gasteiger partial charge on any atom is 0.234 e. The van der Waals surface area contributed by atoms with E-state index in [1.165, 1.54) is 0 Å². The van der Waals surface area contributed by atoms with E-state index >= 15 is 0 Å². The number of rotatable bonds is 3. The summed E-state index contributed by atoms with van der Waals surface area (Å²) in [6.45, 7) is 11.3. The van der Waals surface area contributed by atoms with E-state index in [9.17, 15) is 9.59 Å². The van der Waals surface area contributed by atoms with Crippen molar-refractivity contribution in [1.29, 1.82) is 0 Å². The fourth-order valence-corrected chi connectivity index (χ4v) is 2.42. The average molecular weight is 347 g/mol. The number of likely N-dealkylation sites (tertiary alicyclic amines) is 1. The highest BCUT2D eigenvalue weighted by atomic mass is 79.9. The minimum atomic E-state index is -0.325. The van der Waals surface area contributed by atoms with Crippen molar-refractivity contribution in [3.63, 3.8) is 0 Å². The van der Waals surface area contributed by atoms with Gasteiger partial charge in [-0.05, 0) is 18.8 Å². The highest BCUT2D eigenvalue weighted by molar-refractivity contribution is 9.10. The number of hydrogen-bond acceptors (Lipinski definition) is 2. The van der Waals surface area contributed by atoms with Gasteiger partial charge in [0.1, 0.15) is 0 Å². The van der Waals surface area contributed by atoms with Gasteiger partial charge < -0.3 is 10.2 Å². The number of halogens is 1. The van der Waals surface area contributed by atoms with Crippen LogP contribution >= 0.6 is 15.9 Å².